The van der Waals surface area contributed by atoms with E-state index in [-0.39, 0.29) is 6.61 Å². The summed E-state index contributed by atoms with van der Waals surface area (Å²) in [6.45, 7) is 0.0510. The fraction of sp³-hybridized carbons (Fsp3) is 0.154. The monoisotopic (exact) mass is 202 g/mol. The summed E-state index contributed by atoms with van der Waals surface area (Å²) in [5.74, 6) is 5.72. The SMILES string of the molecule is OCCC#Cc1ccccc1C=C=CF. The van der Waals surface area contributed by atoms with Crippen LogP contribution < -0.4 is 0 Å². The van der Waals surface area contributed by atoms with Gasteiger partial charge in [-0.2, -0.15) is 0 Å². The molecule has 0 heterocycles. The lowest BCUT2D eigenvalue weighted by molar-refractivity contribution is 0.305. The van der Waals surface area contributed by atoms with Crippen LogP contribution in [0, 0.1) is 11.8 Å². The fourth-order valence-electron chi connectivity index (χ4n) is 1.07. The lowest BCUT2D eigenvalue weighted by atomic mass is 10.1. The molecule has 0 bridgehead atoms. The average Bonchev–Trinajstić information content (AvgIpc) is 2.28. The van der Waals surface area contributed by atoms with Crippen LogP contribution in [-0.4, -0.2) is 11.7 Å². The molecule has 2 heteroatoms. The maximum Gasteiger partial charge on any atom is 0.129 e. The number of benzene rings is 1. The Labute approximate surface area is 88.6 Å². The Balaban J connectivity index is 2.98. The molecule has 1 aromatic carbocycles. The molecule has 0 aliphatic carbocycles. The Morgan fingerprint density at radius 3 is 2.87 bits per heavy atom. The summed E-state index contributed by atoms with van der Waals surface area (Å²) < 4.78 is 11.8. The molecule has 0 spiro atoms. The number of aliphatic hydroxyl groups is 1. The third-order valence-corrected chi connectivity index (χ3v) is 1.72. The molecule has 1 aromatic rings. The normalized spacial score (nSPS) is 8.40. The quantitative estimate of drug-likeness (QED) is 0.577. The number of aliphatic hydroxyl groups excluding tert-OH is 1. The van der Waals surface area contributed by atoms with E-state index in [0.717, 1.165) is 11.1 Å². The molecule has 0 aliphatic rings. The molecule has 0 fully saturated rings. The van der Waals surface area contributed by atoms with E-state index < -0.39 is 0 Å². The maximum atomic E-state index is 11.8. The Morgan fingerprint density at radius 2 is 2.13 bits per heavy atom. The Bertz CT molecular complexity index is 431. The molecule has 0 aliphatic heterocycles. The molecule has 1 nitrogen and oxygen atoms in total. The van der Waals surface area contributed by atoms with Crippen LogP contribution in [0.1, 0.15) is 17.5 Å². The zero-order chi connectivity index (χ0) is 10.9. The summed E-state index contributed by atoms with van der Waals surface area (Å²) in [5.41, 5.74) is 3.98. The van der Waals surface area contributed by atoms with Crippen molar-refractivity contribution in [3.05, 3.63) is 47.5 Å². The predicted octanol–water partition coefficient (Wildman–Crippen LogP) is 2.52. The van der Waals surface area contributed by atoms with Gasteiger partial charge in [0.25, 0.3) is 0 Å². The number of rotatable bonds is 2. The summed E-state index contributed by atoms with van der Waals surface area (Å²) >= 11 is 0. The van der Waals surface area contributed by atoms with Crippen LogP contribution in [0.15, 0.2) is 36.3 Å². The highest BCUT2D eigenvalue weighted by Gasteiger charge is 1.92. The second-order valence-electron chi connectivity index (χ2n) is 2.78. The molecular weight excluding hydrogens is 191 g/mol. The van der Waals surface area contributed by atoms with Crippen molar-refractivity contribution in [1.82, 2.24) is 0 Å². The molecule has 0 atom stereocenters. The maximum absolute atomic E-state index is 11.8. The first kappa shape index (κ1) is 11.3. The first-order chi connectivity index (χ1) is 7.38. The predicted molar refractivity (Wildman–Crippen MR) is 58.7 cm³/mol. The minimum absolute atomic E-state index is 0.0510. The summed E-state index contributed by atoms with van der Waals surface area (Å²) in [4.78, 5) is 0. The second kappa shape index (κ2) is 6.62. The van der Waals surface area contributed by atoms with E-state index in [0.29, 0.717) is 12.8 Å². The van der Waals surface area contributed by atoms with Crippen molar-refractivity contribution in [1.29, 1.82) is 0 Å². The minimum Gasteiger partial charge on any atom is -0.395 e. The summed E-state index contributed by atoms with van der Waals surface area (Å²) in [7, 11) is 0. The van der Waals surface area contributed by atoms with Crippen LogP contribution in [0.5, 0.6) is 0 Å². The molecule has 1 N–H and O–H groups in total. The van der Waals surface area contributed by atoms with E-state index in [4.69, 9.17) is 5.11 Å². The van der Waals surface area contributed by atoms with Gasteiger partial charge in [0.1, 0.15) is 6.33 Å². The molecular formula is C13H11FO. The van der Waals surface area contributed by atoms with Crippen molar-refractivity contribution in [3.63, 3.8) is 0 Å². The lowest BCUT2D eigenvalue weighted by Gasteiger charge is -1.95. The smallest absolute Gasteiger partial charge is 0.129 e. The van der Waals surface area contributed by atoms with E-state index in [9.17, 15) is 4.39 Å². The number of hydrogen-bond acceptors (Lipinski definition) is 1. The largest absolute Gasteiger partial charge is 0.395 e. The van der Waals surface area contributed by atoms with Crippen molar-refractivity contribution in [3.8, 4) is 11.8 Å². The van der Waals surface area contributed by atoms with Crippen molar-refractivity contribution in [2.75, 3.05) is 6.61 Å². The van der Waals surface area contributed by atoms with Gasteiger partial charge in [-0.3, -0.25) is 0 Å². The fourth-order valence-corrected chi connectivity index (χ4v) is 1.07. The Hall–Kier alpha value is -1.81. The molecule has 0 saturated heterocycles. The Kier molecular flexibility index (Phi) is 4.97. The van der Waals surface area contributed by atoms with Crippen LogP contribution in [-0.2, 0) is 0 Å². The van der Waals surface area contributed by atoms with Crippen molar-refractivity contribution >= 4 is 6.08 Å². The molecule has 15 heavy (non-hydrogen) atoms. The van der Waals surface area contributed by atoms with Gasteiger partial charge in [0.2, 0.25) is 0 Å². The highest BCUT2D eigenvalue weighted by atomic mass is 19.1. The first-order valence-corrected chi connectivity index (χ1v) is 4.58. The standard InChI is InChI=1S/C13H11FO/c14-10-5-9-13-7-2-1-6-12(13)8-3-4-11-15/h1-2,6-7,9-10,15H,4,11H2. The van der Waals surface area contributed by atoms with Crippen LogP contribution in [0.3, 0.4) is 0 Å². The van der Waals surface area contributed by atoms with E-state index in [1.165, 1.54) is 6.08 Å². The van der Waals surface area contributed by atoms with E-state index >= 15 is 0 Å². The summed E-state index contributed by atoms with van der Waals surface area (Å²) in [5, 5.41) is 8.58. The van der Waals surface area contributed by atoms with Gasteiger partial charge < -0.3 is 5.11 Å². The van der Waals surface area contributed by atoms with Crippen LogP contribution in [0.4, 0.5) is 4.39 Å². The van der Waals surface area contributed by atoms with Gasteiger partial charge in [-0.25, -0.2) is 4.39 Å². The molecule has 0 amide bonds. The molecule has 0 aromatic heterocycles. The molecule has 0 unspecified atom stereocenters. The van der Waals surface area contributed by atoms with Gasteiger partial charge in [0.05, 0.1) is 6.61 Å². The van der Waals surface area contributed by atoms with Gasteiger partial charge in [0, 0.05) is 12.0 Å². The van der Waals surface area contributed by atoms with Crippen molar-refractivity contribution in [2.24, 2.45) is 0 Å². The van der Waals surface area contributed by atoms with Gasteiger partial charge in [-0.15, -0.1) is 0 Å². The van der Waals surface area contributed by atoms with E-state index in [1.54, 1.807) is 0 Å². The zero-order valence-electron chi connectivity index (χ0n) is 8.20. The molecule has 1 rings (SSSR count). The molecule has 0 radical (unpaired) electrons. The van der Waals surface area contributed by atoms with Gasteiger partial charge in [-0.1, -0.05) is 35.8 Å². The number of hydrogen-bond donors (Lipinski definition) is 1. The van der Waals surface area contributed by atoms with Crippen LogP contribution in [0.2, 0.25) is 0 Å². The van der Waals surface area contributed by atoms with E-state index in [1.807, 2.05) is 24.3 Å². The lowest BCUT2D eigenvalue weighted by Crippen LogP contribution is -1.81. The zero-order valence-corrected chi connectivity index (χ0v) is 8.20. The third kappa shape index (κ3) is 3.83. The molecule has 0 saturated carbocycles. The van der Waals surface area contributed by atoms with Gasteiger partial charge in [-0.05, 0) is 17.7 Å². The third-order valence-electron chi connectivity index (χ3n) is 1.72. The van der Waals surface area contributed by atoms with Crippen LogP contribution in [0.25, 0.3) is 6.08 Å². The highest BCUT2D eigenvalue weighted by Crippen LogP contribution is 2.08. The van der Waals surface area contributed by atoms with Crippen molar-refractivity contribution < 1.29 is 9.50 Å². The highest BCUT2D eigenvalue weighted by molar-refractivity contribution is 5.58. The van der Waals surface area contributed by atoms with Crippen LogP contribution >= 0.6 is 0 Å². The summed E-state index contributed by atoms with van der Waals surface area (Å²) in [6, 6.07) is 7.39. The number of halogens is 1. The second-order valence-corrected chi connectivity index (χ2v) is 2.78. The summed E-state index contributed by atoms with van der Waals surface area (Å²) in [6.07, 6.45) is 2.33. The molecule has 76 valence electrons. The average molecular weight is 202 g/mol. The Morgan fingerprint density at radius 1 is 1.33 bits per heavy atom. The minimum atomic E-state index is 0.0510. The van der Waals surface area contributed by atoms with Gasteiger partial charge >= 0.3 is 0 Å². The van der Waals surface area contributed by atoms with E-state index in [2.05, 4.69) is 17.6 Å². The first-order valence-electron chi connectivity index (χ1n) is 4.58. The van der Waals surface area contributed by atoms with Gasteiger partial charge in [0.15, 0.2) is 0 Å². The topological polar surface area (TPSA) is 20.2 Å². The van der Waals surface area contributed by atoms with Crippen molar-refractivity contribution in [2.45, 2.75) is 6.42 Å².